The first kappa shape index (κ1) is 13.8. The molecular formula is C14H17BO4. The Balaban J connectivity index is 1.85. The lowest BCUT2D eigenvalue weighted by molar-refractivity contribution is -0.150. The average molecular weight is 260 g/mol. The smallest absolute Gasteiger partial charge is 0.458 e. The van der Waals surface area contributed by atoms with Crippen molar-refractivity contribution in [2.24, 2.45) is 5.92 Å². The van der Waals surface area contributed by atoms with Gasteiger partial charge in [-0.2, -0.15) is 0 Å². The third kappa shape index (κ3) is 3.94. The molecule has 0 bridgehead atoms. The number of benzene rings is 1. The molecule has 0 aliphatic heterocycles. The monoisotopic (exact) mass is 260 g/mol. The summed E-state index contributed by atoms with van der Waals surface area (Å²) in [7, 11) is -1.42. The van der Waals surface area contributed by atoms with Crippen LogP contribution in [0, 0.1) is 5.92 Å². The van der Waals surface area contributed by atoms with E-state index in [2.05, 4.69) is 0 Å². The van der Waals surface area contributed by atoms with Crippen molar-refractivity contribution in [1.82, 2.24) is 0 Å². The molecule has 4 nitrogen and oxygen atoms in total. The molecule has 0 fully saturated rings. The maximum Gasteiger partial charge on any atom is 0.458 e. The van der Waals surface area contributed by atoms with Gasteiger partial charge in [0.15, 0.2) is 0 Å². The van der Waals surface area contributed by atoms with Gasteiger partial charge in [-0.3, -0.25) is 4.79 Å². The van der Waals surface area contributed by atoms with Crippen molar-refractivity contribution < 1.29 is 19.6 Å². The second-order valence-corrected chi connectivity index (χ2v) is 4.77. The number of carbonyl (C=O) groups excluding carboxylic acids is 1. The highest BCUT2D eigenvalue weighted by molar-refractivity contribution is 6.44. The first-order valence-electron chi connectivity index (χ1n) is 6.40. The van der Waals surface area contributed by atoms with Crippen LogP contribution in [0.5, 0.6) is 0 Å². The molecular weight excluding hydrogens is 243 g/mol. The number of hydrogen-bond donors (Lipinski definition) is 2. The van der Waals surface area contributed by atoms with Gasteiger partial charge >= 0.3 is 13.1 Å². The lowest BCUT2D eigenvalue weighted by Crippen LogP contribution is -2.27. The van der Waals surface area contributed by atoms with Crippen LogP contribution >= 0.6 is 0 Å². The Kier molecular flexibility index (Phi) is 4.77. The van der Waals surface area contributed by atoms with Crippen LogP contribution in [-0.4, -0.2) is 23.1 Å². The summed E-state index contributed by atoms with van der Waals surface area (Å²) in [5.74, 6) is -0.956. The molecule has 100 valence electrons. The van der Waals surface area contributed by atoms with Gasteiger partial charge in [-0.15, -0.1) is 0 Å². The Bertz CT molecular complexity index is 444. The number of rotatable bonds is 4. The van der Waals surface area contributed by atoms with Gasteiger partial charge in [0, 0.05) is 5.82 Å². The SMILES string of the molecule is O=C(OCc1ccccc1)[C@@H]1CC=C[C@@H](B(O)O)C1. The zero-order valence-corrected chi connectivity index (χ0v) is 10.6. The molecule has 1 aromatic rings. The third-order valence-corrected chi connectivity index (χ3v) is 3.30. The van der Waals surface area contributed by atoms with Gasteiger partial charge in [0.25, 0.3) is 0 Å². The summed E-state index contributed by atoms with van der Waals surface area (Å²) in [6.45, 7) is 0.256. The third-order valence-electron chi connectivity index (χ3n) is 3.30. The first-order valence-corrected chi connectivity index (χ1v) is 6.40. The molecule has 19 heavy (non-hydrogen) atoms. The summed E-state index contributed by atoms with van der Waals surface area (Å²) in [6, 6.07) is 9.49. The van der Waals surface area contributed by atoms with Crippen LogP contribution in [0.15, 0.2) is 42.5 Å². The molecule has 1 aromatic carbocycles. The molecule has 0 amide bonds. The predicted molar refractivity (Wildman–Crippen MR) is 72.0 cm³/mol. The van der Waals surface area contributed by atoms with Gasteiger partial charge < -0.3 is 14.8 Å². The molecule has 0 spiro atoms. The van der Waals surface area contributed by atoms with Gasteiger partial charge in [0.05, 0.1) is 5.92 Å². The second kappa shape index (κ2) is 6.54. The summed E-state index contributed by atoms with van der Waals surface area (Å²) < 4.78 is 5.26. The molecule has 0 saturated heterocycles. The molecule has 5 heteroatoms. The fraction of sp³-hybridized carbons (Fsp3) is 0.357. The van der Waals surface area contributed by atoms with Crippen LogP contribution in [0.25, 0.3) is 0 Å². The Morgan fingerprint density at radius 3 is 2.74 bits per heavy atom. The summed E-state index contributed by atoms with van der Waals surface area (Å²) in [6.07, 6.45) is 4.56. The second-order valence-electron chi connectivity index (χ2n) is 4.77. The summed E-state index contributed by atoms with van der Waals surface area (Å²) >= 11 is 0. The Labute approximate surface area is 112 Å². The van der Waals surface area contributed by atoms with Gasteiger partial charge in [0.1, 0.15) is 6.61 Å². The van der Waals surface area contributed by atoms with E-state index in [4.69, 9.17) is 14.8 Å². The van der Waals surface area contributed by atoms with Crippen molar-refractivity contribution in [2.75, 3.05) is 0 Å². The van der Waals surface area contributed by atoms with Crippen LogP contribution in [0.3, 0.4) is 0 Å². The van der Waals surface area contributed by atoms with E-state index in [1.165, 1.54) is 0 Å². The fourth-order valence-corrected chi connectivity index (χ4v) is 2.18. The van der Waals surface area contributed by atoms with E-state index in [1.54, 1.807) is 6.08 Å². The number of hydrogen-bond acceptors (Lipinski definition) is 4. The maximum absolute atomic E-state index is 11.9. The van der Waals surface area contributed by atoms with Crippen molar-refractivity contribution in [3.05, 3.63) is 48.0 Å². The topological polar surface area (TPSA) is 66.8 Å². The van der Waals surface area contributed by atoms with Gasteiger partial charge in [-0.25, -0.2) is 0 Å². The van der Waals surface area contributed by atoms with Crippen molar-refractivity contribution in [1.29, 1.82) is 0 Å². The fourth-order valence-electron chi connectivity index (χ4n) is 2.18. The van der Waals surface area contributed by atoms with Crippen molar-refractivity contribution in [3.63, 3.8) is 0 Å². The van der Waals surface area contributed by atoms with Crippen molar-refractivity contribution >= 4 is 13.1 Å². The van der Waals surface area contributed by atoms with Crippen molar-refractivity contribution in [3.8, 4) is 0 Å². The molecule has 0 aromatic heterocycles. The minimum atomic E-state index is -1.42. The molecule has 2 N–H and O–H groups in total. The minimum Gasteiger partial charge on any atom is -0.461 e. The van der Waals surface area contributed by atoms with Gasteiger partial charge in [-0.05, 0) is 18.4 Å². The molecule has 2 rings (SSSR count). The lowest BCUT2D eigenvalue weighted by atomic mass is 9.66. The van der Waals surface area contributed by atoms with Crippen LogP contribution < -0.4 is 0 Å². The highest BCUT2D eigenvalue weighted by atomic mass is 16.5. The largest absolute Gasteiger partial charge is 0.461 e. The summed E-state index contributed by atoms with van der Waals surface area (Å²) in [4.78, 5) is 11.9. The van der Waals surface area contributed by atoms with Gasteiger partial charge in [0.2, 0.25) is 0 Å². The van der Waals surface area contributed by atoms with E-state index in [1.807, 2.05) is 36.4 Å². The average Bonchev–Trinajstić information content (AvgIpc) is 2.46. The molecule has 0 heterocycles. The standard InChI is InChI=1S/C14H17BO4/c16-14(19-10-11-5-2-1-3-6-11)12-7-4-8-13(9-12)15(17)18/h1-6,8,12-13,17-18H,7,9-10H2/t12-,13-/m1/s1. The first-order chi connectivity index (χ1) is 9.16. The predicted octanol–water partition coefficient (Wildman–Crippen LogP) is 1.54. The number of carbonyl (C=O) groups is 1. The summed E-state index contributed by atoms with van der Waals surface area (Å²) in [5.41, 5.74) is 0.945. The zero-order chi connectivity index (χ0) is 13.7. The van der Waals surface area contributed by atoms with Crippen LogP contribution in [0.1, 0.15) is 18.4 Å². The Morgan fingerprint density at radius 2 is 2.05 bits per heavy atom. The molecule has 2 atom stereocenters. The number of allylic oxidation sites excluding steroid dienone is 2. The molecule has 0 saturated carbocycles. The molecule has 1 aliphatic rings. The highest BCUT2D eigenvalue weighted by Crippen LogP contribution is 2.29. The van der Waals surface area contributed by atoms with Crippen LogP contribution in [-0.2, 0) is 16.1 Å². The molecule has 0 unspecified atom stereocenters. The van der Waals surface area contributed by atoms with E-state index < -0.39 is 7.12 Å². The number of ether oxygens (including phenoxy) is 1. The van der Waals surface area contributed by atoms with Gasteiger partial charge in [-0.1, -0.05) is 42.5 Å². The van der Waals surface area contributed by atoms with E-state index in [-0.39, 0.29) is 24.3 Å². The Morgan fingerprint density at radius 1 is 1.32 bits per heavy atom. The van der Waals surface area contributed by atoms with E-state index in [9.17, 15) is 4.79 Å². The zero-order valence-electron chi connectivity index (χ0n) is 10.6. The van der Waals surface area contributed by atoms with Crippen LogP contribution in [0.4, 0.5) is 0 Å². The summed E-state index contributed by atoms with van der Waals surface area (Å²) in [5, 5.41) is 18.3. The minimum absolute atomic E-state index is 0.256. The molecule has 1 aliphatic carbocycles. The Hall–Kier alpha value is -1.59. The van der Waals surface area contributed by atoms with E-state index >= 15 is 0 Å². The van der Waals surface area contributed by atoms with E-state index in [0.29, 0.717) is 12.8 Å². The maximum atomic E-state index is 11.9. The lowest BCUT2D eigenvalue weighted by Gasteiger charge is -2.22. The quantitative estimate of drug-likeness (QED) is 0.489. The van der Waals surface area contributed by atoms with E-state index in [0.717, 1.165) is 5.56 Å². The highest BCUT2D eigenvalue weighted by Gasteiger charge is 2.31. The van der Waals surface area contributed by atoms with Crippen LogP contribution in [0.2, 0.25) is 5.82 Å². The normalized spacial score (nSPS) is 22.0. The number of esters is 1. The molecule has 0 radical (unpaired) electrons. The van der Waals surface area contributed by atoms with Crippen molar-refractivity contribution in [2.45, 2.75) is 25.3 Å².